The van der Waals surface area contributed by atoms with Crippen LogP contribution in [0.4, 0.5) is 0 Å². The van der Waals surface area contributed by atoms with Crippen molar-refractivity contribution in [3.05, 3.63) is 29.8 Å². The fourth-order valence-electron chi connectivity index (χ4n) is 0.953. The first-order chi connectivity index (χ1) is 6.76. The first-order valence-electron chi connectivity index (χ1n) is 4.62. The molecule has 76 valence electrons. The third-order valence-corrected chi connectivity index (χ3v) is 1.93. The highest BCUT2D eigenvalue weighted by Gasteiger charge is 2.01. The van der Waals surface area contributed by atoms with Crippen molar-refractivity contribution in [3.63, 3.8) is 0 Å². The number of hydrogen-bond donors (Lipinski definition) is 1. The third kappa shape index (κ3) is 3.18. The van der Waals surface area contributed by atoms with Crippen LogP contribution < -0.4 is 4.74 Å². The molecule has 0 aromatic heterocycles. The summed E-state index contributed by atoms with van der Waals surface area (Å²) in [4.78, 5) is 10.3. The average molecular weight is 194 g/mol. The van der Waals surface area contributed by atoms with Crippen molar-refractivity contribution in [2.45, 2.75) is 19.4 Å². The molecule has 3 nitrogen and oxygen atoms in total. The van der Waals surface area contributed by atoms with Crippen LogP contribution >= 0.6 is 0 Å². The van der Waals surface area contributed by atoms with Crippen LogP contribution in [0.1, 0.15) is 23.7 Å². The van der Waals surface area contributed by atoms with Gasteiger partial charge in [-0.3, -0.25) is 4.79 Å². The lowest BCUT2D eigenvalue weighted by Gasteiger charge is -2.09. The number of carbonyl (C=O) groups excluding carboxylic acids is 1. The molecule has 1 N–H and O–H groups in total. The van der Waals surface area contributed by atoms with Gasteiger partial charge in [0.1, 0.15) is 18.6 Å². The van der Waals surface area contributed by atoms with E-state index in [0.717, 1.165) is 6.29 Å². The van der Waals surface area contributed by atoms with Gasteiger partial charge in [-0.15, -0.1) is 0 Å². The average Bonchev–Trinajstić information content (AvgIpc) is 2.26. The number of aldehydes is 1. The monoisotopic (exact) mass is 194 g/mol. The molecule has 1 atom stereocenters. The highest BCUT2D eigenvalue weighted by Crippen LogP contribution is 2.11. The van der Waals surface area contributed by atoms with E-state index in [1.165, 1.54) is 0 Å². The second-order valence-electron chi connectivity index (χ2n) is 3.06. The zero-order valence-corrected chi connectivity index (χ0v) is 8.14. The largest absolute Gasteiger partial charge is 0.491 e. The molecule has 0 aliphatic heterocycles. The minimum Gasteiger partial charge on any atom is -0.491 e. The molecule has 14 heavy (non-hydrogen) atoms. The van der Waals surface area contributed by atoms with Gasteiger partial charge in [0, 0.05) is 5.56 Å². The summed E-state index contributed by atoms with van der Waals surface area (Å²) in [5.74, 6) is 0.670. The Morgan fingerprint density at radius 1 is 1.43 bits per heavy atom. The van der Waals surface area contributed by atoms with Crippen LogP contribution in [0, 0.1) is 0 Å². The fraction of sp³-hybridized carbons (Fsp3) is 0.364. The highest BCUT2D eigenvalue weighted by atomic mass is 16.5. The van der Waals surface area contributed by atoms with Crippen molar-refractivity contribution in [3.8, 4) is 5.75 Å². The number of aliphatic hydroxyl groups is 1. The SMILES string of the molecule is CCC(O)COc1ccc(C=O)cc1. The Bertz CT molecular complexity index is 279. The van der Waals surface area contributed by atoms with Gasteiger partial charge in [-0.1, -0.05) is 6.92 Å². The van der Waals surface area contributed by atoms with Gasteiger partial charge in [0.25, 0.3) is 0 Å². The molecule has 0 radical (unpaired) electrons. The third-order valence-electron chi connectivity index (χ3n) is 1.93. The molecule has 0 fully saturated rings. The number of benzene rings is 1. The molecule has 0 heterocycles. The number of ether oxygens (including phenoxy) is 1. The second kappa shape index (κ2) is 5.40. The second-order valence-corrected chi connectivity index (χ2v) is 3.06. The molecule has 0 saturated carbocycles. The van der Waals surface area contributed by atoms with E-state index in [2.05, 4.69) is 0 Å². The minimum atomic E-state index is -0.430. The van der Waals surface area contributed by atoms with E-state index in [1.807, 2.05) is 6.92 Å². The number of rotatable bonds is 5. The maximum absolute atomic E-state index is 10.3. The summed E-state index contributed by atoms with van der Waals surface area (Å²) < 4.78 is 5.29. The molecule has 0 aliphatic carbocycles. The fourth-order valence-corrected chi connectivity index (χ4v) is 0.953. The Balaban J connectivity index is 2.47. The molecule has 0 amide bonds. The van der Waals surface area contributed by atoms with Gasteiger partial charge in [0.15, 0.2) is 0 Å². The summed E-state index contributed by atoms with van der Waals surface area (Å²) in [6.07, 6.45) is 1.03. The van der Waals surface area contributed by atoms with Crippen LogP contribution in [-0.2, 0) is 0 Å². The number of carbonyl (C=O) groups is 1. The molecule has 0 spiro atoms. The van der Waals surface area contributed by atoms with Gasteiger partial charge < -0.3 is 9.84 Å². The Morgan fingerprint density at radius 2 is 2.07 bits per heavy atom. The molecule has 1 rings (SSSR count). The molecule has 1 aromatic rings. The Morgan fingerprint density at radius 3 is 2.57 bits per heavy atom. The molecule has 1 aromatic carbocycles. The van der Waals surface area contributed by atoms with Gasteiger partial charge in [-0.2, -0.15) is 0 Å². The van der Waals surface area contributed by atoms with E-state index >= 15 is 0 Å². The molecular weight excluding hydrogens is 180 g/mol. The van der Waals surface area contributed by atoms with Crippen molar-refractivity contribution >= 4 is 6.29 Å². The van der Waals surface area contributed by atoms with E-state index < -0.39 is 6.10 Å². The van der Waals surface area contributed by atoms with Crippen molar-refractivity contribution in [2.75, 3.05) is 6.61 Å². The molecule has 1 unspecified atom stereocenters. The zero-order chi connectivity index (χ0) is 10.4. The smallest absolute Gasteiger partial charge is 0.150 e. The van der Waals surface area contributed by atoms with Crippen LogP contribution in [0.3, 0.4) is 0 Å². The van der Waals surface area contributed by atoms with Crippen molar-refractivity contribution < 1.29 is 14.6 Å². The van der Waals surface area contributed by atoms with E-state index in [-0.39, 0.29) is 6.61 Å². The summed E-state index contributed by atoms with van der Waals surface area (Å²) in [6, 6.07) is 6.79. The van der Waals surface area contributed by atoms with Gasteiger partial charge in [-0.05, 0) is 30.7 Å². The lowest BCUT2D eigenvalue weighted by atomic mass is 10.2. The van der Waals surface area contributed by atoms with Crippen molar-refractivity contribution in [1.29, 1.82) is 0 Å². The molecular formula is C11H14O3. The van der Waals surface area contributed by atoms with E-state index in [1.54, 1.807) is 24.3 Å². The van der Waals surface area contributed by atoms with Gasteiger partial charge in [0.05, 0.1) is 6.10 Å². The van der Waals surface area contributed by atoms with E-state index in [9.17, 15) is 9.90 Å². The normalized spacial score (nSPS) is 12.1. The molecule has 3 heteroatoms. The topological polar surface area (TPSA) is 46.5 Å². The van der Waals surface area contributed by atoms with Gasteiger partial charge >= 0.3 is 0 Å². The summed E-state index contributed by atoms with van der Waals surface area (Å²) in [6.45, 7) is 2.18. The lowest BCUT2D eigenvalue weighted by Crippen LogP contribution is -2.15. The van der Waals surface area contributed by atoms with Gasteiger partial charge in [-0.25, -0.2) is 0 Å². The number of aliphatic hydroxyl groups excluding tert-OH is 1. The van der Waals surface area contributed by atoms with Crippen LogP contribution in [0.5, 0.6) is 5.75 Å². The lowest BCUT2D eigenvalue weighted by molar-refractivity contribution is 0.104. The van der Waals surface area contributed by atoms with E-state index in [0.29, 0.717) is 17.7 Å². The first-order valence-corrected chi connectivity index (χ1v) is 4.62. The van der Waals surface area contributed by atoms with Gasteiger partial charge in [0.2, 0.25) is 0 Å². The summed E-state index contributed by atoms with van der Waals surface area (Å²) in [5.41, 5.74) is 0.619. The Hall–Kier alpha value is -1.35. The van der Waals surface area contributed by atoms with Crippen molar-refractivity contribution in [2.24, 2.45) is 0 Å². The van der Waals surface area contributed by atoms with E-state index in [4.69, 9.17) is 4.74 Å². The van der Waals surface area contributed by atoms with Crippen LogP contribution in [0.2, 0.25) is 0 Å². The summed E-state index contributed by atoms with van der Waals surface area (Å²) in [7, 11) is 0. The predicted molar refractivity (Wildman–Crippen MR) is 53.6 cm³/mol. The number of hydrogen-bond acceptors (Lipinski definition) is 3. The van der Waals surface area contributed by atoms with Crippen molar-refractivity contribution in [1.82, 2.24) is 0 Å². The zero-order valence-electron chi connectivity index (χ0n) is 8.14. The standard InChI is InChI=1S/C11H14O3/c1-2-10(13)8-14-11-5-3-9(7-12)4-6-11/h3-7,10,13H,2,8H2,1H3. The molecule has 0 aliphatic rings. The minimum absolute atomic E-state index is 0.289. The predicted octanol–water partition coefficient (Wildman–Crippen LogP) is 1.65. The summed E-state index contributed by atoms with van der Waals surface area (Å²) >= 11 is 0. The quantitative estimate of drug-likeness (QED) is 0.725. The van der Waals surface area contributed by atoms with Crippen LogP contribution in [0.25, 0.3) is 0 Å². The molecule has 0 bridgehead atoms. The first kappa shape index (κ1) is 10.7. The Labute approximate surface area is 83.3 Å². The summed E-state index contributed by atoms with van der Waals surface area (Å²) in [5, 5.41) is 9.24. The van der Waals surface area contributed by atoms with Crippen LogP contribution in [0.15, 0.2) is 24.3 Å². The Kier molecular flexibility index (Phi) is 4.13. The van der Waals surface area contributed by atoms with Crippen LogP contribution in [-0.4, -0.2) is 24.1 Å². The maximum Gasteiger partial charge on any atom is 0.150 e. The maximum atomic E-state index is 10.3. The molecule has 0 saturated heterocycles. The highest BCUT2D eigenvalue weighted by molar-refractivity contribution is 5.74.